The molecule has 1 fully saturated rings. The van der Waals surface area contributed by atoms with Crippen LogP contribution in [0.25, 0.3) is 33.3 Å². The number of aromatic nitrogens is 4. The van der Waals surface area contributed by atoms with Crippen LogP contribution in [-0.4, -0.2) is 78.0 Å². The summed E-state index contributed by atoms with van der Waals surface area (Å²) in [7, 11) is 0. The molecule has 3 aromatic heterocycles. The van der Waals surface area contributed by atoms with Crippen LogP contribution in [0.4, 0.5) is 4.39 Å². The van der Waals surface area contributed by atoms with Gasteiger partial charge in [-0.15, -0.1) is 0 Å². The van der Waals surface area contributed by atoms with Gasteiger partial charge in [-0.05, 0) is 42.1 Å². The molecule has 2 N–H and O–H groups in total. The van der Waals surface area contributed by atoms with Gasteiger partial charge in [0.25, 0.3) is 11.8 Å². The normalized spacial score (nSPS) is 16.3. The summed E-state index contributed by atoms with van der Waals surface area (Å²) in [6.07, 6.45) is 4.77. The zero-order valence-electron chi connectivity index (χ0n) is 30.8. The summed E-state index contributed by atoms with van der Waals surface area (Å²) in [6, 6.07) is 13.3. The van der Waals surface area contributed by atoms with Gasteiger partial charge in [-0.1, -0.05) is 37.0 Å². The van der Waals surface area contributed by atoms with Gasteiger partial charge in [0.05, 0.1) is 29.2 Å². The highest BCUT2D eigenvalue weighted by molar-refractivity contribution is 6.06. The minimum atomic E-state index is -0.862. The number of fused-ring (bicyclic) bond motifs is 3. The Morgan fingerprint density at radius 2 is 1.89 bits per heavy atom. The first-order valence-electron chi connectivity index (χ1n) is 18.5. The zero-order valence-corrected chi connectivity index (χ0v) is 30.8. The van der Waals surface area contributed by atoms with Gasteiger partial charge < -0.3 is 19.7 Å². The molecule has 2 aromatic carbocycles. The van der Waals surface area contributed by atoms with Gasteiger partial charge in [-0.2, -0.15) is 0 Å². The van der Waals surface area contributed by atoms with Gasteiger partial charge in [0.2, 0.25) is 17.7 Å². The molecule has 5 amide bonds. The van der Waals surface area contributed by atoms with E-state index in [1.807, 2.05) is 35.4 Å². The van der Waals surface area contributed by atoms with E-state index in [4.69, 9.17) is 9.97 Å². The monoisotopic (exact) mass is 752 g/mol. The molecule has 13 nitrogen and oxygen atoms in total. The number of aryl methyl sites for hydroxylation is 1. The molecule has 8 rings (SSSR count). The number of nitrogens with zero attached hydrogens (tertiary/aromatic N) is 6. The van der Waals surface area contributed by atoms with Crippen LogP contribution in [-0.2, 0) is 40.4 Å². The molecule has 1 unspecified atom stereocenters. The van der Waals surface area contributed by atoms with Gasteiger partial charge >= 0.3 is 0 Å². The molecule has 3 aliphatic rings. The number of hydrogen-bond acceptors (Lipinski definition) is 8. The molecule has 0 radical (unpaired) electrons. The number of hydrogen-bond donors (Lipinski definition) is 2. The number of carbonyl (C=O) groups excluding carboxylic acids is 5. The molecule has 1 saturated heterocycles. The third-order valence-electron chi connectivity index (χ3n) is 10.6. The molecular weight excluding hydrogens is 716 g/mol. The molecular formula is C42H37FN8O5. The Labute approximate surface area is 321 Å². The Hall–Kier alpha value is -6.75. The van der Waals surface area contributed by atoms with E-state index in [0.29, 0.717) is 36.5 Å². The van der Waals surface area contributed by atoms with Gasteiger partial charge in [-0.3, -0.25) is 39.3 Å². The lowest BCUT2D eigenvalue weighted by atomic mass is 10.0. The van der Waals surface area contributed by atoms with Crippen molar-refractivity contribution in [2.24, 2.45) is 0 Å². The maximum Gasteiger partial charge on any atom is 0.269 e. The van der Waals surface area contributed by atoms with Crippen molar-refractivity contribution in [2.45, 2.75) is 65.2 Å². The molecule has 56 heavy (non-hydrogen) atoms. The fourth-order valence-electron chi connectivity index (χ4n) is 7.65. The Bertz CT molecular complexity index is 2540. The van der Waals surface area contributed by atoms with Crippen molar-refractivity contribution in [2.75, 3.05) is 13.1 Å². The molecule has 3 aliphatic heterocycles. The van der Waals surface area contributed by atoms with E-state index >= 15 is 0 Å². The molecule has 14 heteroatoms. The number of imide groups is 1. The van der Waals surface area contributed by atoms with Gasteiger partial charge in [0.1, 0.15) is 23.4 Å². The fourth-order valence-corrected chi connectivity index (χ4v) is 7.65. The van der Waals surface area contributed by atoms with Crippen LogP contribution < -0.4 is 10.6 Å². The Morgan fingerprint density at radius 3 is 2.66 bits per heavy atom. The van der Waals surface area contributed by atoms with Gasteiger partial charge in [0.15, 0.2) is 0 Å². The predicted molar refractivity (Wildman–Crippen MR) is 203 cm³/mol. The number of benzene rings is 2. The second-order valence-corrected chi connectivity index (χ2v) is 14.0. The van der Waals surface area contributed by atoms with Gasteiger partial charge in [-0.25, -0.2) is 9.37 Å². The number of imidazole rings is 1. The first kappa shape index (κ1) is 36.2. The minimum Gasteiger partial charge on any atom is -0.350 e. The molecule has 0 spiro atoms. The van der Waals surface area contributed by atoms with E-state index in [0.717, 1.165) is 45.5 Å². The van der Waals surface area contributed by atoms with Crippen molar-refractivity contribution >= 4 is 40.3 Å². The number of amides is 5. The standard InChI is InChI=1S/C42H37FN8O5/c1-3-36-47-39(35-23-49(24(2)52)17-18-50(35)36)28-9-6-8-26-19-33(46-21-29(26)28)27-11-13-32(45-20-27)40(54)44-16-5-4-7-25-10-12-31(43)38-30(25)22-51(42(38)56)34-14-15-37(53)48-41(34)55/h6,8-13,19-21,34H,3,5,14-18,22-23H2,1-2H3,(H,44,54)(H,48,53,55). The van der Waals surface area contributed by atoms with Crippen LogP contribution in [0.1, 0.15) is 76.6 Å². The number of carbonyl (C=O) groups is 5. The summed E-state index contributed by atoms with van der Waals surface area (Å²) in [5, 5.41) is 6.97. The van der Waals surface area contributed by atoms with Crippen molar-refractivity contribution in [1.82, 2.24) is 40.0 Å². The summed E-state index contributed by atoms with van der Waals surface area (Å²) >= 11 is 0. The molecule has 1 atom stereocenters. The smallest absolute Gasteiger partial charge is 0.269 e. The van der Waals surface area contributed by atoms with Crippen molar-refractivity contribution < 1.29 is 28.4 Å². The largest absolute Gasteiger partial charge is 0.350 e. The second kappa shape index (κ2) is 14.8. The lowest BCUT2D eigenvalue weighted by Crippen LogP contribution is -2.52. The quantitative estimate of drug-likeness (QED) is 0.143. The van der Waals surface area contributed by atoms with E-state index in [1.54, 1.807) is 25.3 Å². The van der Waals surface area contributed by atoms with Gasteiger partial charge in [0, 0.05) is 92.4 Å². The van der Waals surface area contributed by atoms with Crippen molar-refractivity contribution in [3.63, 3.8) is 0 Å². The highest BCUT2D eigenvalue weighted by Crippen LogP contribution is 2.35. The Kier molecular flexibility index (Phi) is 9.59. The van der Waals surface area contributed by atoms with Crippen LogP contribution in [0.5, 0.6) is 0 Å². The number of halogens is 1. The summed E-state index contributed by atoms with van der Waals surface area (Å²) in [4.78, 5) is 79.5. The molecule has 5 aromatic rings. The average molecular weight is 753 g/mol. The number of nitrogens with one attached hydrogen (secondary N) is 2. The Balaban J connectivity index is 0.916. The number of piperidine rings is 1. The van der Waals surface area contributed by atoms with Crippen LogP contribution in [0.2, 0.25) is 0 Å². The van der Waals surface area contributed by atoms with Crippen LogP contribution in [0, 0.1) is 17.7 Å². The SMILES string of the molecule is CCc1nc(-c2cccc3cc(-c4ccc(C(=O)NCCC#Cc5ccc(F)c6c5CN(C5CCC(=O)NC5=O)C6=O)nc4)ncc23)c2n1CCN(C(C)=O)C2. The first-order chi connectivity index (χ1) is 27.1. The lowest BCUT2D eigenvalue weighted by molar-refractivity contribution is -0.137. The maximum atomic E-state index is 14.7. The zero-order chi connectivity index (χ0) is 39.1. The minimum absolute atomic E-state index is 0.00534. The van der Waals surface area contributed by atoms with E-state index in [-0.39, 0.29) is 55.4 Å². The van der Waals surface area contributed by atoms with E-state index in [2.05, 4.69) is 38.9 Å². The fraction of sp³-hybridized carbons (Fsp3) is 0.286. The maximum absolute atomic E-state index is 14.7. The highest BCUT2D eigenvalue weighted by Gasteiger charge is 2.41. The van der Waals surface area contributed by atoms with Crippen LogP contribution in [0.3, 0.4) is 0 Å². The summed E-state index contributed by atoms with van der Waals surface area (Å²) in [5.74, 6) is 4.34. The topological polar surface area (TPSA) is 159 Å². The summed E-state index contributed by atoms with van der Waals surface area (Å²) in [5.41, 5.74) is 5.25. The predicted octanol–water partition coefficient (Wildman–Crippen LogP) is 4.16. The molecule has 282 valence electrons. The van der Waals surface area contributed by atoms with E-state index in [9.17, 15) is 28.4 Å². The lowest BCUT2D eigenvalue weighted by Gasteiger charge is -2.29. The molecule has 0 saturated carbocycles. The Morgan fingerprint density at radius 1 is 1.04 bits per heavy atom. The highest BCUT2D eigenvalue weighted by atomic mass is 19.1. The third-order valence-corrected chi connectivity index (χ3v) is 10.6. The van der Waals surface area contributed by atoms with E-state index in [1.165, 1.54) is 17.0 Å². The van der Waals surface area contributed by atoms with Crippen LogP contribution in [0.15, 0.2) is 60.9 Å². The summed E-state index contributed by atoms with van der Waals surface area (Å²) < 4.78 is 17.0. The molecule has 0 bridgehead atoms. The number of pyridine rings is 2. The number of rotatable bonds is 7. The third kappa shape index (κ3) is 6.65. The molecule has 6 heterocycles. The van der Waals surface area contributed by atoms with Crippen LogP contribution >= 0.6 is 0 Å². The van der Waals surface area contributed by atoms with E-state index < -0.39 is 29.6 Å². The van der Waals surface area contributed by atoms with Crippen molar-refractivity contribution in [1.29, 1.82) is 0 Å². The first-order valence-corrected chi connectivity index (χ1v) is 18.5. The van der Waals surface area contributed by atoms with Crippen molar-refractivity contribution in [3.05, 3.63) is 101 Å². The van der Waals surface area contributed by atoms with Crippen molar-refractivity contribution in [3.8, 4) is 34.4 Å². The summed E-state index contributed by atoms with van der Waals surface area (Å²) in [6.45, 7) is 5.80. The average Bonchev–Trinajstić information content (AvgIpc) is 3.75. The molecule has 0 aliphatic carbocycles. The second-order valence-electron chi connectivity index (χ2n) is 14.0.